The van der Waals surface area contributed by atoms with Crippen molar-refractivity contribution in [1.29, 1.82) is 0 Å². The van der Waals surface area contributed by atoms with Crippen LogP contribution in [0.15, 0.2) is 116 Å². The van der Waals surface area contributed by atoms with Crippen molar-refractivity contribution < 1.29 is 33.6 Å². The van der Waals surface area contributed by atoms with E-state index in [4.69, 9.17) is 52.1 Å². The summed E-state index contributed by atoms with van der Waals surface area (Å²) in [6.07, 6.45) is 6.29. The number of carbonyl (C=O) groups excluding carboxylic acids is 1. The summed E-state index contributed by atoms with van der Waals surface area (Å²) >= 11 is 12.2. The van der Waals surface area contributed by atoms with E-state index in [1.807, 2.05) is 92.7 Å². The quantitative estimate of drug-likeness (QED) is 0.115. The molecule has 0 fully saturated rings. The average molecular weight is 848 g/mol. The highest BCUT2D eigenvalue weighted by atomic mass is 35.5. The van der Waals surface area contributed by atoms with Gasteiger partial charge >= 0.3 is 0 Å². The minimum Gasteiger partial charge on any atom is -0.489 e. The van der Waals surface area contributed by atoms with Crippen LogP contribution < -0.4 is 24.3 Å². The molecule has 2 unspecified atom stereocenters. The van der Waals surface area contributed by atoms with Crippen LogP contribution in [-0.4, -0.2) is 51.5 Å². The number of benzene rings is 4. The highest BCUT2D eigenvalue weighted by molar-refractivity contribution is 6.42. The second-order valence-electron chi connectivity index (χ2n) is 14.5. The van der Waals surface area contributed by atoms with Crippen molar-refractivity contribution in [3.8, 4) is 28.7 Å². The zero-order chi connectivity index (χ0) is 42.0. The molecule has 2 N–H and O–H groups in total. The largest absolute Gasteiger partial charge is 0.489 e. The lowest BCUT2D eigenvalue weighted by molar-refractivity contribution is -0.127. The number of carboxylic acid groups (broad SMARTS) is 1. The van der Waals surface area contributed by atoms with Crippen LogP contribution in [-0.2, 0) is 42.1 Å². The zero-order valence-corrected chi connectivity index (χ0v) is 34.7. The van der Waals surface area contributed by atoms with Crippen LogP contribution in [0.25, 0.3) is 0 Å². The lowest BCUT2D eigenvalue weighted by atomic mass is 9.92. The first kappa shape index (κ1) is 42.0. The Bertz CT molecular complexity index is 2420. The SMILES string of the molecule is Cc1nccc(Oc2ccc(CCNC(=O)C3Cc4cc5c(cc4CN3Cc3ccncc3)OC(c3ccc(OCc4ccc(Cl)c(Cl)c4)cc3)CO5)cc2)c1C.O=CO. The molecule has 0 aliphatic carbocycles. The number of hydrogen-bond acceptors (Lipinski definition) is 9. The molecule has 60 heavy (non-hydrogen) atoms. The summed E-state index contributed by atoms with van der Waals surface area (Å²) in [6, 6.07) is 30.9. The fourth-order valence-electron chi connectivity index (χ4n) is 7.12. The number of aromatic nitrogens is 2. The van der Waals surface area contributed by atoms with Gasteiger partial charge in [0, 0.05) is 49.5 Å². The molecule has 2 aliphatic heterocycles. The van der Waals surface area contributed by atoms with Crippen molar-refractivity contribution in [3.63, 3.8) is 0 Å². The van der Waals surface area contributed by atoms with Gasteiger partial charge in [0.25, 0.3) is 6.47 Å². The van der Waals surface area contributed by atoms with Gasteiger partial charge in [0.15, 0.2) is 17.6 Å². The van der Waals surface area contributed by atoms with Gasteiger partial charge in [-0.05, 0) is 127 Å². The number of nitrogens with one attached hydrogen (secondary N) is 1. The third-order valence-electron chi connectivity index (χ3n) is 10.5. The molecule has 308 valence electrons. The average Bonchev–Trinajstić information content (AvgIpc) is 3.26. The number of amides is 1. The van der Waals surface area contributed by atoms with Gasteiger partial charge < -0.3 is 29.4 Å². The zero-order valence-electron chi connectivity index (χ0n) is 33.1. The molecular weight excluding hydrogens is 803 g/mol. The van der Waals surface area contributed by atoms with E-state index in [0.29, 0.717) is 67.2 Å². The fraction of sp³-hybridized carbons (Fsp3) is 0.234. The summed E-state index contributed by atoms with van der Waals surface area (Å²) < 4.78 is 24.9. The molecule has 4 heterocycles. The molecule has 2 aromatic heterocycles. The Kier molecular flexibility index (Phi) is 13.8. The first-order chi connectivity index (χ1) is 29.2. The van der Waals surface area contributed by atoms with Gasteiger partial charge in [0.05, 0.1) is 16.1 Å². The highest BCUT2D eigenvalue weighted by Gasteiger charge is 2.34. The van der Waals surface area contributed by atoms with E-state index in [1.165, 1.54) is 0 Å². The summed E-state index contributed by atoms with van der Waals surface area (Å²) in [4.78, 5) is 33.0. The van der Waals surface area contributed by atoms with Gasteiger partial charge in [-0.1, -0.05) is 53.5 Å². The molecule has 2 atom stereocenters. The van der Waals surface area contributed by atoms with E-state index in [2.05, 4.69) is 26.3 Å². The Balaban J connectivity index is 0.00000176. The predicted molar refractivity (Wildman–Crippen MR) is 229 cm³/mol. The van der Waals surface area contributed by atoms with Gasteiger partial charge in [-0.2, -0.15) is 0 Å². The maximum atomic E-state index is 13.9. The number of halogens is 2. The van der Waals surface area contributed by atoms with E-state index >= 15 is 0 Å². The molecule has 0 radical (unpaired) electrons. The summed E-state index contributed by atoms with van der Waals surface area (Å²) in [5, 5.41) is 11.1. The lowest BCUT2D eigenvalue weighted by Gasteiger charge is -2.37. The Hall–Kier alpha value is -6.14. The summed E-state index contributed by atoms with van der Waals surface area (Å²) in [5.41, 5.74) is 8.27. The van der Waals surface area contributed by atoms with Gasteiger partial charge in [0.2, 0.25) is 5.91 Å². The Morgan fingerprint density at radius 2 is 1.58 bits per heavy atom. The van der Waals surface area contributed by atoms with Crippen LogP contribution in [0, 0.1) is 13.8 Å². The monoisotopic (exact) mass is 846 g/mol. The Morgan fingerprint density at radius 1 is 0.867 bits per heavy atom. The van der Waals surface area contributed by atoms with Crippen molar-refractivity contribution >= 4 is 35.6 Å². The number of fused-ring (bicyclic) bond motifs is 2. The van der Waals surface area contributed by atoms with Gasteiger partial charge in [-0.15, -0.1) is 0 Å². The second-order valence-corrected chi connectivity index (χ2v) is 15.3. The molecule has 4 aromatic carbocycles. The topological polar surface area (TPSA) is 132 Å². The number of rotatable bonds is 12. The first-order valence-corrected chi connectivity index (χ1v) is 20.2. The predicted octanol–water partition coefficient (Wildman–Crippen LogP) is 9.27. The van der Waals surface area contributed by atoms with Gasteiger partial charge in [0.1, 0.15) is 30.5 Å². The van der Waals surface area contributed by atoms with Crippen LogP contribution in [0.2, 0.25) is 10.0 Å². The summed E-state index contributed by atoms with van der Waals surface area (Å²) in [6.45, 7) is 6.16. The molecule has 0 saturated carbocycles. The van der Waals surface area contributed by atoms with E-state index in [-0.39, 0.29) is 24.5 Å². The lowest BCUT2D eigenvalue weighted by Crippen LogP contribution is -2.50. The molecule has 6 aromatic rings. The molecule has 11 nitrogen and oxygen atoms in total. The third-order valence-corrected chi connectivity index (χ3v) is 11.2. The Labute approximate surface area is 358 Å². The summed E-state index contributed by atoms with van der Waals surface area (Å²) in [5.74, 6) is 3.67. The molecule has 8 rings (SSSR count). The Morgan fingerprint density at radius 3 is 2.33 bits per heavy atom. The second kappa shape index (κ2) is 19.7. The standard InChI is InChI=1S/C46H42Cl2N4O5.CH2O2/c1-29-30(2)50-20-16-42(29)56-38-8-3-31(4-9-38)15-19-51-46(53)41-22-35-23-43-44(24-36(35)26-52(41)25-32-13-17-49-18-14-32)57-45(28-55-43)34-6-10-37(11-7-34)54-27-33-5-12-39(47)40(48)21-33;2-1-3/h3-14,16-18,20-21,23-24,41,45H,15,19,22,25-28H2,1-2H3,(H,51,53);1H,(H,2,3). The van der Waals surface area contributed by atoms with Crippen LogP contribution in [0.3, 0.4) is 0 Å². The van der Waals surface area contributed by atoms with Crippen molar-refractivity contribution in [2.45, 2.75) is 58.5 Å². The number of nitrogens with zero attached hydrogens (tertiary/aromatic N) is 3. The minimum atomic E-state index is -0.360. The van der Waals surface area contributed by atoms with Crippen molar-refractivity contribution in [1.82, 2.24) is 20.2 Å². The van der Waals surface area contributed by atoms with E-state index in [1.54, 1.807) is 30.7 Å². The van der Waals surface area contributed by atoms with Crippen molar-refractivity contribution in [2.24, 2.45) is 0 Å². The van der Waals surface area contributed by atoms with Crippen molar-refractivity contribution in [3.05, 3.63) is 170 Å². The van der Waals surface area contributed by atoms with Crippen LogP contribution in [0.1, 0.15) is 50.7 Å². The van der Waals surface area contributed by atoms with Crippen LogP contribution in [0.4, 0.5) is 0 Å². The van der Waals surface area contributed by atoms with E-state index in [0.717, 1.165) is 61.9 Å². The molecule has 1 amide bonds. The number of ether oxygens (including phenoxy) is 4. The molecule has 0 saturated heterocycles. The smallest absolute Gasteiger partial charge is 0.290 e. The molecule has 0 bridgehead atoms. The van der Waals surface area contributed by atoms with Crippen LogP contribution >= 0.6 is 23.2 Å². The number of pyridine rings is 2. The normalized spacial score (nSPS) is 15.5. The first-order valence-electron chi connectivity index (χ1n) is 19.5. The van der Waals surface area contributed by atoms with Crippen molar-refractivity contribution in [2.75, 3.05) is 13.2 Å². The fourth-order valence-corrected chi connectivity index (χ4v) is 7.44. The molecule has 13 heteroatoms. The molecular formula is C47H44Cl2N4O7. The molecule has 0 spiro atoms. The van der Waals surface area contributed by atoms with E-state index < -0.39 is 0 Å². The van der Waals surface area contributed by atoms with E-state index in [9.17, 15) is 4.79 Å². The van der Waals surface area contributed by atoms with Gasteiger partial charge in [-0.3, -0.25) is 24.5 Å². The number of carbonyl (C=O) groups is 2. The summed E-state index contributed by atoms with van der Waals surface area (Å²) in [7, 11) is 0. The maximum Gasteiger partial charge on any atom is 0.290 e. The molecule has 2 aliphatic rings. The number of aryl methyl sites for hydroxylation is 1. The minimum absolute atomic E-state index is 0.00228. The number of hydrogen-bond donors (Lipinski definition) is 2. The third kappa shape index (κ3) is 10.5. The maximum absolute atomic E-state index is 13.9. The van der Waals surface area contributed by atoms with Crippen LogP contribution in [0.5, 0.6) is 28.7 Å². The van der Waals surface area contributed by atoms with Gasteiger partial charge in [-0.25, -0.2) is 0 Å². The highest BCUT2D eigenvalue weighted by Crippen LogP contribution is 2.41.